The van der Waals surface area contributed by atoms with Gasteiger partial charge in [0.25, 0.3) is 0 Å². The molecule has 0 aliphatic rings. The van der Waals surface area contributed by atoms with Crippen molar-refractivity contribution in [2.45, 2.75) is 51.2 Å². The fraction of sp³-hybridized carbons (Fsp3) is 0.625. The quantitative estimate of drug-likeness (QED) is 0.744. The van der Waals surface area contributed by atoms with Crippen LogP contribution in [0.1, 0.15) is 45.7 Å². The van der Waals surface area contributed by atoms with Gasteiger partial charge in [-0.15, -0.1) is 11.8 Å². The van der Waals surface area contributed by atoms with Crippen molar-refractivity contribution >= 4 is 11.8 Å². The molecule has 0 aromatic heterocycles. The van der Waals surface area contributed by atoms with Crippen molar-refractivity contribution in [3.05, 3.63) is 29.8 Å². The van der Waals surface area contributed by atoms with Crippen LogP contribution in [-0.4, -0.2) is 24.0 Å². The molecule has 2 N–H and O–H groups in total. The van der Waals surface area contributed by atoms with Gasteiger partial charge in [-0.3, -0.25) is 0 Å². The van der Waals surface area contributed by atoms with Gasteiger partial charge in [-0.05, 0) is 49.6 Å². The van der Waals surface area contributed by atoms with Gasteiger partial charge in [-0.2, -0.15) is 0 Å². The zero-order chi connectivity index (χ0) is 14.5. The molecule has 0 radical (unpaired) electrons. The van der Waals surface area contributed by atoms with E-state index in [1.807, 2.05) is 6.92 Å². The van der Waals surface area contributed by atoms with Crippen molar-refractivity contribution in [2.24, 2.45) is 5.41 Å². The normalized spacial score (nSPS) is 15.3. The molecule has 2 nitrogen and oxygen atoms in total. The van der Waals surface area contributed by atoms with Gasteiger partial charge >= 0.3 is 0 Å². The Labute approximate surface area is 122 Å². The standard InChI is InChI=1S/C16H27NOS/c1-12(18)10-16(3,4)11-17-13(2)14-6-8-15(19-5)9-7-14/h6-9,12-13,17-18H,10-11H2,1-5H3. The van der Waals surface area contributed by atoms with Crippen LogP contribution in [0.4, 0.5) is 0 Å². The van der Waals surface area contributed by atoms with Crippen molar-refractivity contribution < 1.29 is 5.11 Å². The predicted octanol–water partition coefficient (Wildman–Crippen LogP) is 3.86. The Bertz CT molecular complexity index is 373. The number of aliphatic hydroxyl groups excluding tert-OH is 1. The molecule has 108 valence electrons. The minimum absolute atomic E-state index is 0.113. The van der Waals surface area contributed by atoms with Crippen LogP contribution < -0.4 is 5.32 Å². The number of rotatable bonds is 7. The van der Waals surface area contributed by atoms with Gasteiger partial charge in [0.2, 0.25) is 0 Å². The van der Waals surface area contributed by atoms with Crippen molar-refractivity contribution in [3.8, 4) is 0 Å². The SMILES string of the molecule is CSc1ccc(C(C)NCC(C)(C)CC(C)O)cc1. The first-order valence-corrected chi connectivity index (χ1v) is 8.12. The lowest BCUT2D eigenvalue weighted by Crippen LogP contribution is -2.33. The van der Waals surface area contributed by atoms with E-state index in [9.17, 15) is 5.11 Å². The summed E-state index contributed by atoms with van der Waals surface area (Å²) in [7, 11) is 0. The molecule has 0 aliphatic carbocycles. The number of benzene rings is 1. The number of nitrogens with one attached hydrogen (secondary N) is 1. The maximum Gasteiger partial charge on any atom is 0.0517 e. The number of aliphatic hydroxyl groups is 1. The van der Waals surface area contributed by atoms with E-state index in [4.69, 9.17) is 0 Å². The summed E-state index contributed by atoms with van der Waals surface area (Å²) in [5.41, 5.74) is 1.42. The predicted molar refractivity (Wildman–Crippen MR) is 84.7 cm³/mol. The van der Waals surface area contributed by atoms with E-state index in [2.05, 4.69) is 56.6 Å². The van der Waals surface area contributed by atoms with Crippen LogP contribution in [0.25, 0.3) is 0 Å². The summed E-state index contributed by atoms with van der Waals surface area (Å²) in [6.45, 7) is 9.33. The Hall–Kier alpha value is -0.510. The van der Waals surface area contributed by atoms with Crippen LogP contribution in [-0.2, 0) is 0 Å². The minimum atomic E-state index is -0.243. The number of hydrogen-bond donors (Lipinski definition) is 2. The van der Waals surface area contributed by atoms with Crippen molar-refractivity contribution in [3.63, 3.8) is 0 Å². The third-order valence-corrected chi connectivity index (χ3v) is 4.09. The first kappa shape index (κ1) is 16.5. The zero-order valence-corrected chi connectivity index (χ0v) is 13.6. The third kappa shape index (κ3) is 5.98. The molecule has 0 aliphatic heterocycles. The Balaban J connectivity index is 2.52. The third-order valence-electron chi connectivity index (χ3n) is 3.35. The van der Waals surface area contributed by atoms with E-state index in [1.165, 1.54) is 10.5 Å². The molecule has 19 heavy (non-hydrogen) atoms. The maximum absolute atomic E-state index is 9.50. The highest BCUT2D eigenvalue weighted by atomic mass is 32.2. The van der Waals surface area contributed by atoms with Crippen LogP contribution in [0.2, 0.25) is 0 Å². The smallest absolute Gasteiger partial charge is 0.0517 e. The highest BCUT2D eigenvalue weighted by Gasteiger charge is 2.21. The summed E-state index contributed by atoms with van der Waals surface area (Å²) in [5, 5.41) is 13.1. The van der Waals surface area contributed by atoms with Gasteiger partial charge in [0.05, 0.1) is 6.10 Å². The summed E-state index contributed by atoms with van der Waals surface area (Å²) in [4.78, 5) is 1.30. The zero-order valence-electron chi connectivity index (χ0n) is 12.7. The second-order valence-corrected chi connectivity index (χ2v) is 6.97. The van der Waals surface area contributed by atoms with Crippen LogP contribution in [0.5, 0.6) is 0 Å². The molecule has 2 atom stereocenters. The molecule has 0 fully saturated rings. The first-order valence-electron chi connectivity index (χ1n) is 6.89. The monoisotopic (exact) mass is 281 g/mol. The Morgan fingerprint density at radius 1 is 1.21 bits per heavy atom. The van der Waals surface area contributed by atoms with Crippen molar-refractivity contribution in [1.29, 1.82) is 0 Å². The molecule has 3 heteroatoms. The molecule has 0 bridgehead atoms. The van der Waals surface area contributed by atoms with Gasteiger partial charge in [-0.1, -0.05) is 26.0 Å². The molecule has 0 amide bonds. The average Bonchev–Trinajstić information content (AvgIpc) is 2.34. The van der Waals surface area contributed by atoms with Gasteiger partial charge in [-0.25, -0.2) is 0 Å². The molecule has 1 aromatic carbocycles. The number of hydrogen-bond acceptors (Lipinski definition) is 3. The highest BCUT2D eigenvalue weighted by Crippen LogP contribution is 2.24. The van der Waals surface area contributed by atoms with Gasteiger partial charge in [0.1, 0.15) is 0 Å². The molecule has 0 saturated carbocycles. The van der Waals surface area contributed by atoms with Gasteiger partial charge in [0.15, 0.2) is 0 Å². The van der Waals surface area contributed by atoms with Gasteiger partial charge in [0, 0.05) is 17.5 Å². The fourth-order valence-corrected chi connectivity index (χ4v) is 2.72. The summed E-state index contributed by atoms with van der Waals surface area (Å²) in [6.07, 6.45) is 2.67. The second kappa shape index (κ2) is 7.32. The lowest BCUT2D eigenvalue weighted by atomic mass is 9.86. The Kier molecular flexibility index (Phi) is 6.37. The van der Waals surface area contributed by atoms with Crippen LogP contribution in [0, 0.1) is 5.41 Å². The van der Waals surface area contributed by atoms with Crippen LogP contribution in [0.15, 0.2) is 29.2 Å². The van der Waals surface area contributed by atoms with Crippen LogP contribution >= 0.6 is 11.8 Å². The van der Waals surface area contributed by atoms with E-state index in [0.29, 0.717) is 6.04 Å². The molecule has 0 saturated heterocycles. The molecule has 1 rings (SSSR count). The molecular weight excluding hydrogens is 254 g/mol. The minimum Gasteiger partial charge on any atom is -0.393 e. The van der Waals surface area contributed by atoms with Gasteiger partial charge < -0.3 is 10.4 Å². The largest absolute Gasteiger partial charge is 0.393 e. The van der Waals surface area contributed by atoms with Crippen LogP contribution in [0.3, 0.4) is 0 Å². The maximum atomic E-state index is 9.50. The van der Waals surface area contributed by atoms with E-state index >= 15 is 0 Å². The lowest BCUT2D eigenvalue weighted by Gasteiger charge is -2.28. The fourth-order valence-electron chi connectivity index (χ4n) is 2.31. The summed E-state index contributed by atoms with van der Waals surface area (Å²) >= 11 is 1.77. The Morgan fingerprint density at radius 3 is 2.26 bits per heavy atom. The van der Waals surface area contributed by atoms with Crippen molar-refractivity contribution in [1.82, 2.24) is 5.32 Å². The summed E-state index contributed by atoms with van der Waals surface area (Å²) < 4.78 is 0. The van der Waals surface area contributed by atoms with E-state index in [0.717, 1.165) is 13.0 Å². The molecular formula is C16H27NOS. The molecule has 1 aromatic rings. The number of thioether (sulfide) groups is 1. The Morgan fingerprint density at radius 2 is 1.79 bits per heavy atom. The second-order valence-electron chi connectivity index (χ2n) is 6.09. The van der Waals surface area contributed by atoms with E-state index < -0.39 is 0 Å². The highest BCUT2D eigenvalue weighted by molar-refractivity contribution is 7.98. The lowest BCUT2D eigenvalue weighted by molar-refractivity contribution is 0.127. The summed E-state index contributed by atoms with van der Waals surface area (Å²) in [5.74, 6) is 0. The first-order chi connectivity index (χ1) is 8.84. The van der Waals surface area contributed by atoms with E-state index in [1.54, 1.807) is 11.8 Å². The average molecular weight is 281 g/mol. The topological polar surface area (TPSA) is 32.3 Å². The molecule has 0 spiro atoms. The van der Waals surface area contributed by atoms with Crippen molar-refractivity contribution in [2.75, 3.05) is 12.8 Å². The summed E-state index contributed by atoms with van der Waals surface area (Å²) in [6, 6.07) is 9.04. The van der Waals surface area contributed by atoms with E-state index in [-0.39, 0.29) is 11.5 Å². The molecule has 0 heterocycles. The molecule has 2 unspecified atom stereocenters.